The van der Waals surface area contributed by atoms with Gasteiger partial charge in [0.2, 0.25) is 0 Å². The van der Waals surface area contributed by atoms with E-state index in [0.717, 1.165) is 58.2 Å². The van der Waals surface area contributed by atoms with E-state index in [-0.39, 0.29) is 17.6 Å². The van der Waals surface area contributed by atoms with Crippen LogP contribution < -0.4 is 10.2 Å². The normalized spacial score (nSPS) is 21.0. The molecule has 7 heteroatoms. The lowest BCUT2D eigenvalue weighted by molar-refractivity contribution is -0.384. The van der Waals surface area contributed by atoms with Gasteiger partial charge in [-0.05, 0) is 57.6 Å². The molecule has 1 amide bonds. The van der Waals surface area contributed by atoms with Crippen molar-refractivity contribution in [3.05, 3.63) is 33.9 Å². The number of carbonyl (C=O) groups is 1. The van der Waals surface area contributed by atoms with Crippen LogP contribution in [0.2, 0.25) is 0 Å². The summed E-state index contributed by atoms with van der Waals surface area (Å²) in [5, 5.41) is 14.4. The first-order chi connectivity index (χ1) is 12.5. The molecule has 1 N–H and O–H groups in total. The third kappa shape index (κ3) is 4.52. The molecule has 1 aromatic rings. The highest BCUT2D eigenvalue weighted by Crippen LogP contribution is 2.31. The molecule has 2 aliphatic rings. The predicted octanol–water partition coefficient (Wildman–Crippen LogP) is 3.27. The van der Waals surface area contributed by atoms with E-state index in [1.165, 1.54) is 6.07 Å². The highest BCUT2D eigenvalue weighted by molar-refractivity contribution is 5.96. The largest absolute Gasteiger partial charge is 0.378 e. The third-order valence-corrected chi connectivity index (χ3v) is 5.20. The summed E-state index contributed by atoms with van der Waals surface area (Å²) in [6.07, 6.45) is 6.35. The zero-order valence-corrected chi connectivity index (χ0v) is 15.3. The van der Waals surface area contributed by atoms with Crippen LogP contribution in [0.4, 0.5) is 11.4 Å². The van der Waals surface area contributed by atoms with Crippen molar-refractivity contribution >= 4 is 17.3 Å². The molecule has 2 heterocycles. The fourth-order valence-corrected chi connectivity index (χ4v) is 3.72. The van der Waals surface area contributed by atoms with Gasteiger partial charge in [-0.15, -0.1) is 0 Å². The Kier molecular flexibility index (Phi) is 6.08. The second-order valence-electron chi connectivity index (χ2n) is 7.24. The molecule has 2 saturated heterocycles. The monoisotopic (exact) mass is 361 g/mol. The van der Waals surface area contributed by atoms with Crippen LogP contribution in [0.1, 0.15) is 55.8 Å². The maximum absolute atomic E-state index is 12.5. The Hall–Kier alpha value is -2.15. The van der Waals surface area contributed by atoms with Gasteiger partial charge in [-0.2, -0.15) is 0 Å². The number of ether oxygens (including phenoxy) is 1. The topological polar surface area (TPSA) is 84.7 Å². The number of benzene rings is 1. The van der Waals surface area contributed by atoms with Gasteiger partial charge in [-0.25, -0.2) is 0 Å². The third-order valence-electron chi connectivity index (χ3n) is 5.20. The van der Waals surface area contributed by atoms with Gasteiger partial charge in [0.05, 0.1) is 11.0 Å². The van der Waals surface area contributed by atoms with Crippen molar-refractivity contribution in [2.75, 3.05) is 24.6 Å². The van der Waals surface area contributed by atoms with E-state index >= 15 is 0 Å². The molecule has 26 heavy (non-hydrogen) atoms. The summed E-state index contributed by atoms with van der Waals surface area (Å²) >= 11 is 0. The number of carbonyl (C=O) groups excluding carboxylic acids is 1. The summed E-state index contributed by atoms with van der Waals surface area (Å²) in [4.78, 5) is 25.6. The fraction of sp³-hybridized carbons (Fsp3) is 0.632. The molecular formula is C19H27N3O4. The molecule has 2 fully saturated rings. The predicted molar refractivity (Wildman–Crippen MR) is 99.7 cm³/mol. The molecule has 3 rings (SSSR count). The Morgan fingerprint density at radius 3 is 2.81 bits per heavy atom. The molecule has 0 spiro atoms. The smallest absolute Gasteiger partial charge is 0.293 e. The molecule has 0 saturated carbocycles. The van der Waals surface area contributed by atoms with E-state index in [0.29, 0.717) is 17.4 Å². The lowest BCUT2D eigenvalue weighted by Gasteiger charge is -2.19. The van der Waals surface area contributed by atoms with Crippen LogP contribution in [0.15, 0.2) is 18.2 Å². The summed E-state index contributed by atoms with van der Waals surface area (Å²) in [6, 6.07) is 4.79. The van der Waals surface area contributed by atoms with Gasteiger partial charge in [0.15, 0.2) is 0 Å². The van der Waals surface area contributed by atoms with Crippen molar-refractivity contribution in [1.29, 1.82) is 0 Å². The number of hydrogen-bond donors (Lipinski definition) is 1. The summed E-state index contributed by atoms with van der Waals surface area (Å²) in [7, 11) is 0. The first-order valence-electron chi connectivity index (χ1n) is 9.50. The first kappa shape index (κ1) is 18.6. The maximum atomic E-state index is 12.5. The number of hydrogen-bond acceptors (Lipinski definition) is 5. The van der Waals surface area contributed by atoms with E-state index in [2.05, 4.69) is 5.32 Å². The quantitative estimate of drug-likeness (QED) is 0.595. The zero-order chi connectivity index (χ0) is 18.5. The van der Waals surface area contributed by atoms with Crippen molar-refractivity contribution < 1.29 is 14.5 Å². The van der Waals surface area contributed by atoms with Crippen LogP contribution in [-0.4, -0.2) is 42.7 Å². The molecule has 0 bridgehead atoms. The minimum Gasteiger partial charge on any atom is -0.378 e. The van der Waals surface area contributed by atoms with Crippen LogP contribution in [0.25, 0.3) is 0 Å². The van der Waals surface area contributed by atoms with Crippen LogP contribution in [0.3, 0.4) is 0 Å². The second kappa shape index (κ2) is 8.49. The molecule has 0 aromatic heterocycles. The molecule has 2 atom stereocenters. The molecule has 142 valence electrons. The van der Waals surface area contributed by atoms with Crippen molar-refractivity contribution in [3.63, 3.8) is 0 Å². The fourth-order valence-electron chi connectivity index (χ4n) is 3.72. The molecule has 1 aromatic carbocycles. The Balaban J connectivity index is 1.62. The van der Waals surface area contributed by atoms with Crippen molar-refractivity contribution in [1.82, 2.24) is 5.32 Å². The van der Waals surface area contributed by atoms with Crippen LogP contribution in [0, 0.1) is 10.1 Å². The Morgan fingerprint density at radius 1 is 1.38 bits per heavy atom. The highest BCUT2D eigenvalue weighted by atomic mass is 16.6. The van der Waals surface area contributed by atoms with E-state index in [4.69, 9.17) is 4.74 Å². The Labute approximate surface area is 153 Å². The number of amides is 1. The summed E-state index contributed by atoms with van der Waals surface area (Å²) in [6.45, 7) is 4.44. The standard InChI is InChI=1S/C19H27N3O4/c1-14(6-8-16-5-4-12-26-16)20-19(23)15-7-9-17(18(13-15)22(24)25)21-10-2-3-11-21/h7,9,13-14,16H,2-6,8,10-12H2,1H3,(H,20,23)/t14-,16+/m0/s1. The Bertz CT molecular complexity index is 652. The van der Waals surface area contributed by atoms with Crippen molar-refractivity contribution in [2.24, 2.45) is 0 Å². The highest BCUT2D eigenvalue weighted by Gasteiger charge is 2.24. The second-order valence-corrected chi connectivity index (χ2v) is 7.24. The number of nitrogens with zero attached hydrogens (tertiary/aromatic N) is 2. The molecule has 0 aliphatic carbocycles. The van der Waals surface area contributed by atoms with Gasteiger partial charge in [0.1, 0.15) is 5.69 Å². The number of nitro groups is 1. The first-order valence-corrected chi connectivity index (χ1v) is 9.50. The van der Waals surface area contributed by atoms with Crippen LogP contribution in [-0.2, 0) is 4.74 Å². The van der Waals surface area contributed by atoms with Gasteiger partial charge >= 0.3 is 0 Å². The van der Waals surface area contributed by atoms with Crippen LogP contribution >= 0.6 is 0 Å². The van der Waals surface area contributed by atoms with E-state index in [1.54, 1.807) is 12.1 Å². The summed E-state index contributed by atoms with van der Waals surface area (Å²) < 4.78 is 5.60. The van der Waals surface area contributed by atoms with Gasteiger partial charge in [0, 0.05) is 37.4 Å². The molecule has 7 nitrogen and oxygen atoms in total. The van der Waals surface area contributed by atoms with E-state index in [1.807, 2.05) is 11.8 Å². The zero-order valence-electron chi connectivity index (χ0n) is 15.3. The maximum Gasteiger partial charge on any atom is 0.293 e. The number of rotatable bonds is 7. The summed E-state index contributed by atoms with van der Waals surface area (Å²) in [5.74, 6) is -0.263. The van der Waals surface area contributed by atoms with Gasteiger partial charge < -0.3 is 15.0 Å². The van der Waals surface area contributed by atoms with E-state index in [9.17, 15) is 14.9 Å². The van der Waals surface area contributed by atoms with Crippen molar-refractivity contribution in [3.8, 4) is 0 Å². The lowest BCUT2D eigenvalue weighted by atomic mass is 10.1. The lowest BCUT2D eigenvalue weighted by Crippen LogP contribution is -2.33. The Morgan fingerprint density at radius 2 is 2.15 bits per heavy atom. The van der Waals surface area contributed by atoms with Gasteiger partial charge in [-0.1, -0.05) is 0 Å². The minimum absolute atomic E-state index is 0.00372. The minimum atomic E-state index is -0.398. The van der Waals surface area contributed by atoms with Gasteiger partial charge in [-0.3, -0.25) is 14.9 Å². The van der Waals surface area contributed by atoms with Gasteiger partial charge in [0.25, 0.3) is 11.6 Å². The van der Waals surface area contributed by atoms with E-state index < -0.39 is 4.92 Å². The number of anilines is 1. The average molecular weight is 361 g/mol. The van der Waals surface area contributed by atoms with Crippen molar-refractivity contribution in [2.45, 2.75) is 57.6 Å². The molecular weight excluding hydrogens is 334 g/mol. The number of nitro benzene ring substituents is 1. The van der Waals surface area contributed by atoms with Crippen LogP contribution in [0.5, 0.6) is 0 Å². The molecule has 0 radical (unpaired) electrons. The molecule has 2 aliphatic heterocycles. The summed E-state index contributed by atoms with van der Waals surface area (Å²) in [5.41, 5.74) is 0.950. The average Bonchev–Trinajstić information content (AvgIpc) is 3.33. The molecule has 0 unspecified atom stereocenters. The number of nitrogens with one attached hydrogen (secondary N) is 1. The SMILES string of the molecule is C[C@@H](CC[C@H]1CCCO1)NC(=O)c1ccc(N2CCCC2)c([N+](=O)[O-])c1.